The molecule has 2 heterocycles. The molecular weight excluding hydrogens is 320 g/mol. The number of carbonyl (C=O) groups is 1. The smallest absolute Gasteiger partial charge is 0.198 e. The highest BCUT2D eigenvalue weighted by atomic mass is 16.7. The van der Waals surface area contributed by atoms with Gasteiger partial charge in [0.25, 0.3) is 0 Å². The molecule has 11 heteroatoms. The van der Waals surface area contributed by atoms with Crippen LogP contribution < -0.4 is 0 Å². The zero-order valence-corrected chi connectivity index (χ0v) is 11.9. The van der Waals surface area contributed by atoms with Gasteiger partial charge in [0.1, 0.15) is 36.6 Å². The zero-order chi connectivity index (χ0) is 17.3. The molecule has 2 aliphatic heterocycles. The molecule has 2 saturated heterocycles. The molecule has 9 unspecified atom stereocenters. The molecule has 0 saturated carbocycles. The molecule has 2 fully saturated rings. The highest BCUT2D eigenvalue weighted by Crippen LogP contribution is 2.27. The van der Waals surface area contributed by atoms with Gasteiger partial charge in [0.05, 0.1) is 13.2 Å². The van der Waals surface area contributed by atoms with Crippen LogP contribution in [0, 0.1) is 0 Å². The van der Waals surface area contributed by atoms with Crippen molar-refractivity contribution in [3.8, 4) is 0 Å². The van der Waals surface area contributed by atoms with E-state index in [1.54, 1.807) is 0 Å². The maximum atomic E-state index is 12.0. The van der Waals surface area contributed by atoms with Gasteiger partial charge in [0, 0.05) is 0 Å². The van der Waals surface area contributed by atoms with E-state index in [0.29, 0.717) is 0 Å². The van der Waals surface area contributed by atoms with E-state index in [4.69, 9.17) is 24.4 Å². The Balaban J connectivity index is 2.07. The molecule has 0 aromatic rings. The summed E-state index contributed by atoms with van der Waals surface area (Å²) in [6.45, 7) is -1.47. The van der Waals surface area contributed by atoms with E-state index in [1.165, 1.54) is 0 Å². The minimum absolute atomic E-state index is 0.686. The third-order valence-corrected chi connectivity index (χ3v) is 3.77. The fraction of sp³-hybridized carbons (Fsp3) is 0.917. The molecule has 0 amide bonds. The molecule has 0 aliphatic carbocycles. The number of carbonyl (C=O) groups excluding carboxylic acids is 1. The van der Waals surface area contributed by atoms with Crippen LogP contribution in [0.2, 0.25) is 0 Å². The molecule has 0 spiro atoms. The maximum Gasteiger partial charge on any atom is 0.198 e. The number of ether oxygens (including phenoxy) is 3. The first-order valence-corrected chi connectivity index (χ1v) is 6.94. The summed E-state index contributed by atoms with van der Waals surface area (Å²) in [5.74, 6) is -0.893. The van der Waals surface area contributed by atoms with Crippen LogP contribution in [0.4, 0.5) is 0 Å². The second kappa shape index (κ2) is 7.44. The second-order valence-corrected chi connectivity index (χ2v) is 5.35. The Hall–Kier alpha value is -0.730. The zero-order valence-electron chi connectivity index (χ0n) is 11.9. The number of aliphatic hydroxyl groups excluding tert-OH is 7. The molecule has 0 aromatic heterocycles. The van der Waals surface area contributed by atoms with Gasteiger partial charge in [-0.1, -0.05) is 0 Å². The molecular formula is C12H20O11. The van der Waals surface area contributed by atoms with E-state index in [0.717, 1.165) is 0 Å². The standard InChI is InChI=1S/C12H20O11/c13-1-3(15)9-8(19)10(11(20)22-9)23-12-7(18)6(17)5(16)4(2-14)21-12/h3-7,9-18,20H,1-2H2. The minimum Gasteiger partial charge on any atom is -0.394 e. The van der Waals surface area contributed by atoms with E-state index < -0.39 is 74.3 Å². The Labute approximate surface area is 130 Å². The van der Waals surface area contributed by atoms with Gasteiger partial charge in [0.2, 0.25) is 0 Å². The van der Waals surface area contributed by atoms with Crippen molar-refractivity contribution in [3.63, 3.8) is 0 Å². The van der Waals surface area contributed by atoms with E-state index in [9.17, 15) is 30.3 Å². The third-order valence-electron chi connectivity index (χ3n) is 3.77. The highest BCUT2D eigenvalue weighted by molar-refractivity contribution is 5.90. The summed E-state index contributed by atoms with van der Waals surface area (Å²) in [5, 5.41) is 66.1. The number of hydrogen-bond acceptors (Lipinski definition) is 11. The van der Waals surface area contributed by atoms with Gasteiger partial charge >= 0.3 is 0 Å². The van der Waals surface area contributed by atoms with Crippen LogP contribution in [0.1, 0.15) is 0 Å². The van der Waals surface area contributed by atoms with Crippen molar-refractivity contribution >= 4 is 5.78 Å². The largest absolute Gasteiger partial charge is 0.394 e. The summed E-state index contributed by atoms with van der Waals surface area (Å²) < 4.78 is 14.9. The lowest BCUT2D eigenvalue weighted by molar-refractivity contribution is -0.318. The predicted octanol–water partition coefficient (Wildman–Crippen LogP) is -5.19. The molecule has 11 nitrogen and oxygen atoms in total. The average Bonchev–Trinajstić information content (AvgIpc) is 2.82. The van der Waals surface area contributed by atoms with Crippen LogP contribution >= 0.6 is 0 Å². The quantitative estimate of drug-likeness (QED) is 0.253. The van der Waals surface area contributed by atoms with Crippen LogP contribution in [-0.4, -0.2) is 110 Å². The van der Waals surface area contributed by atoms with E-state index in [-0.39, 0.29) is 0 Å². The van der Waals surface area contributed by atoms with E-state index in [2.05, 4.69) is 0 Å². The molecule has 0 aromatic carbocycles. The summed E-state index contributed by atoms with van der Waals surface area (Å²) in [5.41, 5.74) is 0. The van der Waals surface area contributed by atoms with Crippen LogP contribution in [0.15, 0.2) is 0 Å². The van der Waals surface area contributed by atoms with Crippen molar-refractivity contribution in [1.82, 2.24) is 0 Å². The summed E-state index contributed by atoms with van der Waals surface area (Å²) >= 11 is 0. The van der Waals surface area contributed by atoms with Crippen molar-refractivity contribution in [3.05, 3.63) is 0 Å². The van der Waals surface area contributed by atoms with Crippen LogP contribution in [0.25, 0.3) is 0 Å². The molecule has 7 N–H and O–H groups in total. The monoisotopic (exact) mass is 340 g/mol. The number of rotatable bonds is 5. The molecule has 134 valence electrons. The van der Waals surface area contributed by atoms with Crippen molar-refractivity contribution < 1.29 is 54.8 Å². The molecule has 2 rings (SSSR count). The molecule has 9 atom stereocenters. The molecule has 0 radical (unpaired) electrons. The number of aliphatic hydroxyl groups is 7. The summed E-state index contributed by atoms with van der Waals surface area (Å²) in [6.07, 6.45) is -14.5. The van der Waals surface area contributed by atoms with Crippen LogP contribution in [-0.2, 0) is 19.0 Å². The van der Waals surface area contributed by atoms with Crippen molar-refractivity contribution in [2.24, 2.45) is 0 Å². The number of hydrogen-bond donors (Lipinski definition) is 7. The second-order valence-electron chi connectivity index (χ2n) is 5.35. The lowest BCUT2D eigenvalue weighted by atomic mass is 9.99. The van der Waals surface area contributed by atoms with Gasteiger partial charge < -0.3 is 50.0 Å². The van der Waals surface area contributed by atoms with Crippen molar-refractivity contribution in [1.29, 1.82) is 0 Å². The topological polar surface area (TPSA) is 186 Å². The van der Waals surface area contributed by atoms with Gasteiger partial charge in [-0.15, -0.1) is 0 Å². The number of ketones is 1. The van der Waals surface area contributed by atoms with Crippen LogP contribution in [0.5, 0.6) is 0 Å². The van der Waals surface area contributed by atoms with Gasteiger partial charge in [0.15, 0.2) is 24.5 Å². The minimum atomic E-state index is -1.79. The average molecular weight is 340 g/mol. The highest BCUT2D eigenvalue weighted by Gasteiger charge is 2.51. The lowest BCUT2D eigenvalue weighted by Crippen LogP contribution is -2.60. The Kier molecular flexibility index (Phi) is 6.02. The molecule has 23 heavy (non-hydrogen) atoms. The first-order chi connectivity index (χ1) is 10.8. The first kappa shape index (κ1) is 18.6. The SMILES string of the molecule is O=C1C(C(O)CO)OC(O)C1OC1OC(CO)C(O)C(O)C1O. The number of Topliss-reactive ketones (excluding diaryl/α,β-unsaturated/α-hetero) is 1. The molecule has 2 aliphatic rings. The van der Waals surface area contributed by atoms with Crippen LogP contribution in [0.3, 0.4) is 0 Å². The molecule has 0 bridgehead atoms. The first-order valence-electron chi connectivity index (χ1n) is 6.94. The van der Waals surface area contributed by atoms with Gasteiger partial charge in [-0.2, -0.15) is 0 Å². The Morgan fingerprint density at radius 2 is 1.70 bits per heavy atom. The third kappa shape index (κ3) is 3.53. The van der Waals surface area contributed by atoms with Gasteiger partial charge in [-0.3, -0.25) is 4.79 Å². The lowest BCUT2D eigenvalue weighted by Gasteiger charge is -2.40. The fourth-order valence-corrected chi connectivity index (χ4v) is 2.43. The Morgan fingerprint density at radius 3 is 2.26 bits per heavy atom. The van der Waals surface area contributed by atoms with Gasteiger partial charge in [-0.25, -0.2) is 0 Å². The van der Waals surface area contributed by atoms with Crippen molar-refractivity contribution in [2.75, 3.05) is 13.2 Å². The van der Waals surface area contributed by atoms with E-state index >= 15 is 0 Å². The summed E-state index contributed by atoms with van der Waals surface area (Å²) in [6, 6.07) is 0. The normalized spacial score (nSPS) is 46.1. The van der Waals surface area contributed by atoms with E-state index in [1.807, 2.05) is 0 Å². The fourth-order valence-electron chi connectivity index (χ4n) is 2.43. The Bertz CT molecular complexity index is 416. The summed E-state index contributed by atoms with van der Waals surface area (Å²) in [7, 11) is 0. The Morgan fingerprint density at radius 1 is 1.04 bits per heavy atom. The maximum absolute atomic E-state index is 12.0. The predicted molar refractivity (Wildman–Crippen MR) is 67.6 cm³/mol. The van der Waals surface area contributed by atoms with Gasteiger partial charge in [-0.05, 0) is 0 Å². The van der Waals surface area contributed by atoms with Crippen molar-refractivity contribution in [2.45, 2.75) is 55.3 Å². The summed E-state index contributed by atoms with van der Waals surface area (Å²) in [4.78, 5) is 12.0.